The zero-order chi connectivity index (χ0) is 10.7. The minimum atomic E-state index is -0.332. The summed E-state index contributed by atoms with van der Waals surface area (Å²) in [5.41, 5.74) is 5.80. The van der Waals surface area contributed by atoms with E-state index in [0.29, 0.717) is 5.92 Å². The Morgan fingerprint density at radius 2 is 2.13 bits per heavy atom. The van der Waals surface area contributed by atoms with Gasteiger partial charge < -0.3 is 15.4 Å². The number of rotatable bonds is 3. The second kappa shape index (κ2) is 6.30. The van der Waals surface area contributed by atoms with Gasteiger partial charge in [0.1, 0.15) is 6.10 Å². The predicted molar refractivity (Wildman–Crippen MR) is 62.1 cm³/mol. The molecule has 5 heteroatoms. The normalized spacial score (nSPS) is 24.5. The minimum absolute atomic E-state index is 0. The number of hydrogen-bond donors (Lipinski definition) is 1. The number of carbonyl (C=O) groups is 1. The first-order valence-corrected chi connectivity index (χ1v) is 5.13. The zero-order valence-electron chi connectivity index (χ0n) is 9.60. The second-order valence-corrected chi connectivity index (χ2v) is 4.07. The molecule has 0 bridgehead atoms. The summed E-state index contributed by atoms with van der Waals surface area (Å²) in [4.78, 5) is 13.6. The SMILES string of the molecule is COC(C)C(=O)N1CCC(C(C)N)C1.Cl. The topological polar surface area (TPSA) is 55.6 Å². The van der Waals surface area contributed by atoms with Gasteiger partial charge >= 0.3 is 0 Å². The lowest BCUT2D eigenvalue weighted by Crippen LogP contribution is -2.38. The number of nitrogens with two attached hydrogens (primary N) is 1. The number of methoxy groups -OCH3 is 1. The van der Waals surface area contributed by atoms with Gasteiger partial charge in [-0.05, 0) is 26.2 Å². The van der Waals surface area contributed by atoms with Gasteiger partial charge in [-0.2, -0.15) is 0 Å². The average Bonchev–Trinajstić information content (AvgIpc) is 2.64. The van der Waals surface area contributed by atoms with Crippen LogP contribution in [0, 0.1) is 5.92 Å². The van der Waals surface area contributed by atoms with Crippen LogP contribution in [0.3, 0.4) is 0 Å². The molecule has 1 rings (SSSR count). The molecular weight excluding hydrogens is 216 g/mol. The highest BCUT2D eigenvalue weighted by atomic mass is 35.5. The van der Waals surface area contributed by atoms with Crippen LogP contribution in [0.1, 0.15) is 20.3 Å². The molecule has 2 N–H and O–H groups in total. The summed E-state index contributed by atoms with van der Waals surface area (Å²) >= 11 is 0. The molecule has 4 nitrogen and oxygen atoms in total. The Morgan fingerprint density at radius 3 is 2.53 bits per heavy atom. The molecule has 0 aromatic rings. The Labute approximate surface area is 97.5 Å². The van der Waals surface area contributed by atoms with Gasteiger partial charge in [-0.3, -0.25) is 4.79 Å². The van der Waals surface area contributed by atoms with Gasteiger partial charge in [0.2, 0.25) is 0 Å². The standard InChI is InChI=1S/C10H20N2O2.ClH/c1-7(11)9-4-5-12(6-9)10(13)8(2)14-3;/h7-9H,4-6,11H2,1-3H3;1H. The van der Waals surface area contributed by atoms with Gasteiger partial charge in [-0.1, -0.05) is 0 Å². The third kappa shape index (κ3) is 3.63. The van der Waals surface area contributed by atoms with Crippen molar-refractivity contribution in [3.8, 4) is 0 Å². The van der Waals surface area contributed by atoms with Crippen LogP contribution in [0.15, 0.2) is 0 Å². The first-order valence-electron chi connectivity index (χ1n) is 5.13. The van der Waals surface area contributed by atoms with Crippen LogP contribution >= 0.6 is 12.4 Å². The Kier molecular flexibility index (Phi) is 6.17. The number of likely N-dealkylation sites (tertiary alicyclic amines) is 1. The van der Waals surface area contributed by atoms with Crippen molar-refractivity contribution in [2.75, 3.05) is 20.2 Å². The fourth-order valence-electron chi connectivity index (χ4n) is 1.77. The Bertz CT molecular complexity index is 212. The lowest BCUT2D eigenvalue weighted by Gasteiger charge is -2.20. The van der Waals surface area contributed by atoms with Crippen molar-refractivity contribution in [3.63, 3.8) is 0 Å². The van der Waals surface area contributed by atoms with Crippen molar-refractivity contribution >= 4 is 18.3 Å². The quantitative estimate of drug-likeness (QED) is 0.783. The fourth-order valence-corrected chi connectivity index (χ4v) is 1.77. The van der Waals surface area contributed by atoms with Crippen molar-refractivity contribution < 1.29 is 9.53 Å². The van der Waals surface area contributed by atoms with Crippen LogP contribution in [0.25, 0.3) is 0 Å². The van der Waals surface area contributed by atoms with Crippen LogP contribution in [0.2, 0.25) is 0 Å². The predicted octanol–water partition coefficient (Wildman–Crippen LogP) is 0.639. The molecule has 15 heavy (non-hydrogen) atoms. The Morgan fingerprint density at radius 1 is 1.53 bits per heavy atom. The molecule has 90 valence electrons. The molecule has 0 saturated carbocycles. The first kappa shape index (κ1) is 14.7. The molecule has 0 aromatic heterocycles. The van der Waals surface area contributed by atoms with Crippen LogP contribution < -0.4 is 5.73 Å². The molecule has 0 aromatic carbocycles. The maximum absolute atomic E-state index is 11.7. The lowest BCUT2D eigenvalue weighted by atomic mass is 10.0. The third-order valence-corrected chi connectivity index (χ3v) is 2.98. The number of hydrogen-bond acceptors (Lipinski definition) is 3. The highest BCUT2D eigenvalue weighted by molar-refractivity contribution is 5.85. The Hall–Kier alpha value is -0.320. The van der Waals surface area contributed by atoms with E-state index in [0.717, 1.165) is 19.5 Å². The number of amides is 1. The van der Waals surface area contributed by atoms with Gasteiger partial charge in [0.05, 0.1) is 0 Å². The third-order valence-electron chi connectivity index (χ3n) is 2.98. The van der Waals surface area contributed by atoms with E-state index < -0.39 is 0 Å². The minimum Gasteiger partial charge on any atom is -0.372 e. The van der Waals surface area contributed by atoms with Gasteiger partial charge in [0.15, 0.2) is 0 Å². The van der Waals surface area contributed by atoms with E-state index in [2.05, 4.69) is 0 Å². The largest absolute Gasteiger partial charge is 0.372 e. The Balaban J connectivity index is 0.00000196. The monoisotopic (exact) mass is 236 g/mol. The number of carbonyl (C=O) groups excluding carboxylic acids is 1. The molecular formula is C10H21ClN2O2. The summed E-state index contributed by atoms with van der Waals surface area (Å²) in [5.74, 6) is 0.527. The van der Waals surface area contributed by atoms with Crippen molar-refractivity contribution in [1.82, 2.24) is 4.90 Å². The highest BCUT2D eigenvalue weighted by Gasteiger charge is 2.30. The molecule has 0 spiro atoms. The smallest absolute Gasteiger partial charge is 0.251 e. The molecule has 0 aliphatic carbocycles. The lowest BCUT2D eigenvalue weighted by molar-refractivity contribution is -0.139. The van der Waals surface area contributed by atoms with E-state index >= 15 is 0 Å². The van der Waals surface area contributed by atoms with E-state index in [9.17, 15) is 4.79 Å². The second-order valence-electron chi connectivity index (χ2n) is 4.07. The molecule has 0 radical (unpaired) electrons. The first-order chi connectivity index (χ1) is 6.56. The van der Waals surface area contributed by atoms with E-state index in [4.69, 9.17) is 10.5 Å². The molecule has 1 saturated heterocycles. The summed E-state index contributed by atoms with van der Waals surface area (Å²) in [7, 11) is 1.56. The molecule has 1 amide bonds. The summed E-state index contributed by atoms with van der Waals surface area (Å²) < 4.78 is 5.00. The number of nitrogens with zero attached hydrogens (tertiary/aromatic N) is 1. The molecule has 1 heterocycles. The maximum Gasteiger partial charge on any atom is 0.251 e. The van der Waals surface area contributed by atoms with Gasteiger partial charge in [-0.25, -0.2) is 0 Å². The van der Waals surface area contributed by atoms with Crippen LogP contribution in [-0.4, -0.2) is 43.2 Å². The van der Waals surface area contributed by atoms with Gasteiger partial charge in [0.25, 0.3) is 5.91 Å². The molecule has 1 aliphatic heterocycles. The summed E-state index contributed by atoms with van der Waals surface area (Å²) in [6.45, 7) is 5.38. The van der Waals surface area contributed by atoms with E-state index in [1.807, 2.05) is 11.8 Å². The molecule has 3 unspecified atom stereocenters. The van der Waals surface area contributed by atoms with Crippen LogP contribution in [0.5, 0.6) is 0 Å². The van der Waals surface area contributed by atoms with E-state index in [1.54, 1.807) is 14.0 Å². The van der Waals surface area contributed by atoms with Crippen molar-refractivity contribution in [2.45, 2.75) is 32.4 Å². The van der Waals surface area contributed by atoms with Gasteiger partial charge in [0, 0.05) is 26.2 Å². The summed E-state index contributed by atoms with van der Waals surface area (Å²) in [6, 6.07) is 0.172. The molecule has 1 fully saturated rings. The van der Waals surface area contributed by atoms with E-state index in [-0.39, 0.29) is 30.5 Å². The summed E-state index contributed by atoms with van der Waals surface area (Å²) in [6.07, 6.45) is 0.682. The number of halogens is 1. The van der Waals surface area contributed by atoms with Crippen molar-refractivity contribution in [3.05, 3.63) is 0 Å². The molecule has 1 aliphatic rings. The van der Waals surface area contributed by atoms with Crippen LogP contribution in [0.4, 0.5) is 0 Å². The highest BCUT2D eigenvalue weighted by Crippen LogP contribution is 2.19. The summed E-state index contributed by atoms with van der Waals surface area (Å²) in [5, 5.41) is 0. The van der Waals surface area contributed by atoms with Gasteiger partial charge in [-0.15, -0.1) is 12.4 Å². The van der Waals surface area contributed by atoms with Crippen LogP contribution in [-0.2, 0) is 9.53 Å². The average molecular weight is 237 g/mol. The molecule has 3 atom stereocenters. The maximum atomic E-state index is 11.7. The zero-order valence-corrected chi connectivity index (χ0v) is 10.4. The van der Waals surface area contributed by atoms with Crippen molar-refractivity contribution in [1.29, 1.82) is 0 Å². The fraction of sp³-hybridized carbons (Fsp3) is 0.900. The van der Waals surface area contributed by atoms with Crippen molar-refractivity contribution in [2.24, 2.45) is 11.7 Å². The number of ether oxygens (including phenoxy) is 1. The van der Waals surface area contributed by atoms with E-state index in [1.165, 1.54) is 0 Å².